The molecule has 1 aromatic heterocycles. The molecule has 2 amide bonds. The molecule has 1 unspecified atom stereocenters. The summed E-state index contributed by atoms with van der Waals surface area (Å²) in [7, 11) is 3.39. The highest BCUT2D eigenvalue weighted by atomic mass is 19.1. The van der Waals surface area contributed by atoms with E-state index in [9.17, 15) is 14.0 Å². The van der Waals surface area contributed by atoms with Gasteiger partial charge in [0.1, 0.15) is 17.6 Å². The van der Waals surface area contributed by atoms with Crippen molar-refractivity contribution in [1.82, 2.24) is 9.47 Å². The fourth-order valence-corrected chi connectivity index (χ4v) is 2.94. The second-order valence-corrected chi connectivity index (χ2v) is 5.67. The molecule has 3 rings (SSSR count). The van der Waals surface area contributed by atoms with Crippen LogP contribution < -0.4 is 4.90 Å². The molecular formula is C17H18FN3O2. The van der Waals surface area contributed by atoms with Crippen molar-refractivity contribution in [1.29, 1.82) is 0 Å². The summed E-state index contributed by atoms with van der Waals surface area (Å²) in [5.74, 6) is -0.899. The molecule has 120 valence electrons. The second kappa shape index (κ2) is 5.87. The van der Waals surface area contributed by atoms with Crippen LogP contribution in [0.5, 0.6) is 0 Å². The Labute approximate surface area is 133 Å². The van der Waals surface area contributed by atoms with E-state index in [4.69, 9.17) is 0 Å². The van der Waals surface area contributed by atoms with Gasteiger partial charge in [-0.3, -0.25) is 9.59 Å². The molecule has 0 N–H and O–H groups in total. The van der Waals surface area contributed by atoms with Gasteiger partial charge in [0.05, 0.1) is 5.69 Å². The molecule has 0 radical (unpaired) electrons. The highest BCUT2D eigenvalue weighted by Gasteiger charge is 2.38. The van der Waals surface area contributed by atoms with E-state index in [1.165, 1.54) is 15.9 Å². The maximum absolute atomic E-state index is 13.9. The maximum atomic E-state index is 13.9. The third kappa shape index (κ3) is 2.60. The van der Waals surface area contributed by atoms with Gasteiger partial charge in [-0.25, -0.2) is 4.39 Å². The number of hydrogen-bond donors (Lipinski definition) is 0. The van der Waals surface area contributed by atoms with Gasteiger partial charge in [-0.05, 0) is 30.7 Å². The molecule has 1 aromatic carbocycles. The smallest absolute Gasteiger partial charge is 0.270 e. The zero-order valence-corrected chi connectivity index (χ0v) is 13.1. The Hall–Kier alpha value is -2.63. The first-order valence-corrected chi connectivity index (χ1v) is 7.45. The van der Waals surface area contributed by atoms with Crippen LogP contribution in [0.4, 0.5) is 10.1 Å². The molecule has 1 aliphatic heterocycles. The number of para-hydroxylation sites is 1. The van der Waals surface area contributed by atoms with Crippen molar-refractivity contribution in [2.24, 2.45) is 7.05 Å². The van der Waals surface area contributed by atoms with Crippen LogP contribution in [0.2, 0.25) is 0 Å². The van der Waals surface area contributed by atoms with Crippen molar-refractivity contribution in [2.75, 3.05) is 18.5 Å². The summed E-state index contributed by atoms with van der Waals surface area (Å²) in [5, 5.41) is 0. The Morgan fingerprint density at radius 3 is 2.65 bits per heavy atom. The van der Waals surface area contributed by atoms with Gasteiger partial charge in [0.25, 0.3) is 5.91 Å². The largest absolute Gasteiger partial charge is 0.347 e. The Balaban J connectivity index is 1.80. The highest BCUT2D eigenvalue weighted by Crippen LogP contribution is 2.26. The summed E-state index contributed by atoms with van der Waals surface area (Å²) in [6.45, 7) is 0.398. The Morgan fingerprint density at radius 2 is 2.00 bits per heavy atom. The van der Waals surface area contributed by atoms with Gasteiger partial charge in [0.2, 0.25) is 5.91 Å². The van der Waals surface area contributed by atoms with Crippen LogP contribution >= 0.6 is 0 Å². The quantitative estimate of drug-likeness (QED) is 0.870. The average molecular weight is 315 g/mol. The van der Waals surface area contributed by atoms with Crippen molar-refractivity contribution >= 4 is 17.5 Å². The predicted octanol–water partition coefficient (Wildman–Crippen LogP) is 2.04. The lowest BCUT2D eigenvalue weighted by Crippen LogP contribution is -2.43. The van der Waals surface area contributed by atoms with E-state index in [0.717, 1.165) is 0 Å². The number of hydrogen-bond acceptors (Lipinski definition) is 2. The highest BCUT2D eigenvalue weighted by molar-refractivity contribution is 6.03. The molecule has 2 heterocycles. The topological polar surface area (TPSA) is 45.6 Å². The van der Waals surface area contributed by atoms with E-state index < -0.39 is 11.9 Å². The van der Waals surface area contributed by atoms with Crippen LogP contribution in [-0.4, -0.2) is 40.9 Å². The van der Waals surface area contributed by atoms with Crippen LogP contribution in [0, 0.1) is 5.82 Å². The summed E-state index contributed by atoms with van der Waals surface area (Å²) < 4.78 is 15.6. The molecule has 0 spiro atoms. The summed E-state index contributed by atoms with van der Waals surface area (Å²) in [6, 6.07) is 9.11. The van der Waals surface area contributed by atoms with Gasteiger partial charge in [-0.15, -0.1) is 0 Å². The first-order valence-electron chi connectivity index (χ1n) is 7.45. The van der Waals surface area contributed by atoms with Crippen molar-refractivity contribution in [2.45, 2.75) is 12.5 Å². The van der Waals surface area contributed by atoms with E-state index >= 15 is 0 Å². The minimum atomic E-state index is -0.572. The number of carbonyl (C=O) groups is 2. The number of rotatable bonds is 3. The number of anilines is 1. The number of nitrogens with zero attached hydrogens (tertiary/aromatic N) is 3. The number of benzene rings is 1. The van der Waals surface area contributed by atoms with Gasteiger partial charge in [-0.1, -0.05) is 12.1 Å². The Kier molecular flexibility index (Phi) is 3.90. The fourth-order valence-electron chi connectivity index (χ4n) is 2.94. The number of likely N-dealkylation sites (N-methyl/N-ethyl adjacent to an activating group) is 1. The van der Waals surface area contributed by atoms with Crippen molar-refractivity contribution in [3.8, 4) is 0 Å². The molecule has 23 heavy (non-hydrogen) atoms. The molecule has 0 saturated carbocycles. The van der Waals surface area contributed by atoms with Gasteiger partial charge in [0.15, 0.2) is 0 Å². The lowest BCUT2D eigenvalue weighted by Gasteiger charge is -2.24. The van der Waals surface area contributed by atoms with E-state index in [1.54, 1.807) is 55.2 Å². The predicted molar refractivity (Wildman–Crippen MR) is 84.7 cm³/mol. The zero-order chi connectivity index (χ0) is 16.6. The van der Waals surface area contributed by atoms with Crippen molar-refractivity contribution in [3.63, 3.8) is 0 Å². The number of halogens is 1. The van der Waals surface area contributed by atoms with Gasteiger partial charge < -0.3 is 14.4 Å². The summed E-state index contributed by atoms with van der Waals surface area (Å²) in [6.07, 6.45) is 2.27. The minimum Gasteiger partial charge on any atom is -0.347 e. The third-order valence-corrected chi connectivity index (χ3v) is 4.27. The second-order valence-electron chi connectivity index (χ2n) is 5.67. The normalized spacial score (nSPS) is 17.6. The molecule has 0 aliphatic carbocycles. The number of aryl methyl sites for hydroxylation is 1. The van der Waals surface area contributed by atoms with Crippen LogP contribution in [0.3, 0.4) is 0 Å². The fraction of sp³-hybridized carbons (Fsp3) is 0.294. The molecule has 1 atom stereocenters. The van der Waals surface area contributed by atoms with E-state index in [2.05, 4.69) is 0 Å². The number of aromatic nitrogens is 1. The standard InChI is InChI=1S/C17H18FN3O2/c1-19-10-5-8-14(19)16(22)20(2)15-9-11-21(17(15)23)13-7-4-3-6-12(13)18/h3-8,10,15H,9,11H2,1-2H3. The Bertz CT molecular complexity index is 756. The van der Waals surface area contributed by atoms with Crippen LogP contribution in [0.15, 0.2) is 42.6 Å². The molecular weight excluding hydrogens is 297 g/mol. The van der Waals surface area contributed by atoms with Crippen LogP contribution in [0.1, 0.15) is 16.9 Å². The summed E-state index contributed by atoms with van der Waals surface area (Å²) >= 11 is 0. The molecule has 5 nitrogen and oxygen atoms in total. The van der Waals surface area contributed by atoms with Crippen molar-refractivity contribution in [3.05, 3.63) is 54.1 Å². The minimum absolute atomic E-state index is 0.216. The molecule has 1 saturated heterocycles. The third-order valence-electron chi connectivity index (χ3n) is 4.27. The average Bonchev–Trinajstić information content (AvgIpc) is 3.12. The van der Waals surface area contributed by atoms with Gasteiger partial charge in [-0.2, -0.15) is 0 Å². The van der Waals surface area contributed by atoms with Crippen molar-refractivity contribution < 1.29 is 14.0 Å². The van der Waals surface area contributed by atoms with E-state index in [-0.39, 0.29) is 17.5 Å². The van der Waals surface area contributed by atoms with Crippen LogP contribution in [-0.2, 0) is 11.8 Å². The first kappa shape index (κ1) is 15.3. The molecule has 2 aromatic rings. The number of amides is 2. The zero-order valence-electron chi connectivity index (χ0n) is 13.1. The molecule has 1 aliphatic rings. The van der Waals surface area contributed by atoms with Crippen LogP contribution in [0.25, 0.3) is 0 Å². The van der Waals surface area contributed by atoms with Gasteiger partial charge in [0, 0.05) is 26.8 Å². The summed E-state index contributed by atoms with van der Waals surface area (Å²) in [5.41, 5.74) is 0.782. The van der Waals surface area contributed by atoms with Gasteiger partial charge >= 0.3 is 0 Å². The lowest BCUT2D eigenvalue weighted by atomic mass is 10.2. The number of carbonyl (C=O) groups excluding carboxylic acids is 2. The molecule has 6 heteroatoms. The monoisotopic (exact) mass is 315 g/mol. The SMILES string of the molecule is CN(C(=O)c1cccn1C)C1CCN(c2ccccc2F)C1=O. The van der Waals surface area contributed by atoms with E-state index in [0.29, 0.717) is 18.7 Å². The molecule has 1 fully saturated rings. The maximum Gasteiger partial charge on any atom is 0.270 e. The first-order chi connectivity index (χ1) is 11.0. The lowest BCUT2D eigenvalue weighted by molar-refractivity contribution is -0.120. The summed E-state index contributed by atoms with van der Waals surface area (Å²) in [4.78, 5) is 28.0. The Morgan fingerprint density at radius 1 is 1.26 bits per heavy atom. The molecule has 0 bridgehead atoms. The van der Waals surface area contributed by atoms with E-state index in [1.807, 2.05) is 0 Å².